The highest BCUT2D eigenvalue weighted by Crippen LogP contribution is 2.24. The van der Waals surface area contributed by atoms with Crippen molar-refractivity contribution in [3.8, 4) is 0 Å². The van der Waals surface area contributed by atoms with Gasteiger partial charge in [-0.25, -0.2) is 4.98 Å². The fraction of sp³-hybridized carbons (Fsp3) is 0.312. The number of nitrogens with zero attached hydrogens (tertiary/aromatic N) is 4. The molecule has 0 atom stereocenters. The minimum absolute atomic E-state index is 0.0229. The lowest BCUT2D eigenvalue weighted by molar-refractivity contribution is 0.311. The van der Waals surface area contributed by atoms with Gasteiger partial charge in [0.05, 0.1) is 12.9 Å². The van der Waals surface area contributed by atoms with Gasteiger partial charge in [-0.05, 0) is 31.5 Å². The molecule has 7 heteroatoms. The highest BCUT2D eigenvalue weighted by Gasteiger charge is 2.13. The van der Waals surface area contributed by atoms with Crippen LogP contribution in [0.1, 0.15) is 12.5 Å². The van der Waals surface area contributed by atoms with Crippen LogP contribution in [0, 0.1) is 6.92 Å². The number of imidazole rings is 1. The van der Waals surface area contributed by atoms with Crippen molar-refractivity contribution < 1.29 is 5.11 Å². The maximum absolute atomic E-state index is 8.99. The minimum atomic E-state index is 0.0229. The van der Waals surface area contributed by atoms with Crippen molar-refractivity contribution in [1.29, 1.82) is 0 Å². The molecule has 2 aromatic heterocycles. The van der Waals surface area contributed by atoms with Crippen molar-refractivity contribution in [2.75, 3.05) is 23.8 Å². The second-order valence-corrected chi connectivity index (χ2v) is 5.24. The van der Waals surface area contributed by atoms with Gasteiger partial charge in [0, 0.05) is 18.8 Å². The number of hydrogen-bond donors (Lipinski definition) is 3. The molecule has 3 N–H and O–H groups in total. The highest BCUT2D eigenvalue weighted by atomic mass is 16.3. The number of aliphatic hydroxyl groups excluding tert-OH is 1. The summed E-state index contributed by atoms with van der Waals surface area (Å²) in [7, 11) is 0. The van der Waals surface area contributed by atoms with Crippen LogP contribution in [0.2, 0.25) is 0 Å². The monoisotopic (exact) mass is 312 g/mol. The van der Waals surface area contributed by atoms with Crippen LogP contribution in [0.3, 0.4) is 0 Å². The molecule has 0 aliphatic heterocycles. The average molecular weight is 312 g/mol. The Morgan fingerprint density at radius 3 is 2.87 bits per heavy atom. The number of nitrogens with one attached hydrogen (secondary N) is 2. The van der Waals surface area contributed by atoms with Gasteiger partial charge in [-0.3, -0.25) is 0 Å². The second kappa shape index (κ2) is 6.62. The van der Waals surface area contributed by atoms with Gasteiger partial charge in [0.1, 0.15) is 0 Å². The van der Waals surface area contributed by atoms with E-state index in [0.29, 0.717) is 18.3 Å². The third kappa shape index (κ3) is 3.24. The number of benzene rings is 1. The Morgan fingerprint density at radius 2 is 2.13 bits per heavy atom. The second-order valence-electron chi connectivity index (χ2n) is 5.24. The summed E-state index contributed by atoms with van der Waals surface area (Å²) < 4.78 is 1.96. The zero-order chi connectivity index (χ0) is 16.2. The molecule has 0 aliphatic rings. The van der Waals surface area contributed by atoms with Gasteiger partial charge in [-0.2, -0.15) is 9.97 Å². The van der Waals surface area contributed by atoms with Crippen LogP contribution in [0.4, 0.5) is 17.5 Å². The van der Waals surface area contributed by atoms with E-state index in [4.69, 9.17) is 5.11 Å². The van der Waals surface area contributed by atoms with Crippen molar-refractivity contribution in [3.05, 3.63) is 36.2 Å². The number of fused-ring (bicyclic) bond motifs is 1. The molecule has 0 amide bonds. The molecular weight excluding hydrogens is 292 g/mol. The summed E-state index contributed by atoms with van der Waals surface area (Å²) in [5.74, 6) is 1.12. The first kappa shape index (κ1) is 15.2. The zero-order valence-electron chi connectivity index (χ0n) is 13.2. The lowest BCUT2D eigenvalue weighted by Gasteiger charge is -2.10. The van der Waals surface area contributed by atoms with E-state index in [0.717, 1.165) is 29.0 Å². The smallest absolute Gasteiger partial charge is 0.226 e. The third-order valence-electron chi connectivity index (χ3n) is 3.48. The van der Waals surface area contributed by atoms with Crippen LogP contribution in [-0.4, -0.2) is 37.8 Å². The average Bonchev–Trinajstić information content (AvgIpc) is 2.96. The van der Waals surface area contributed by atoms with E-state index in [1.807, 2.05) is 42.7 Å². The Labute approximate surface area is 134 Å². The van der Waals surface area contributed by atoms with Crippen molar-refractivity contribution >= 4 is 28.6 Å². The Kier molecular flexibility index (Phi) is 4.38. The van der Waals surface area contributed by atoms with Gasteiger partial charge in [0.15, 0.2) is 17.0 Å². The first-order valence-corrected chi connectivity index (χ1v) is 7.62. The maximum atomic E-state index is 8.99. The molecule has 120 valence electrons. The largest absolute Gasteiger partial charge is 0.395 e. The van der Waals surface area contributed by atoms with E-state index in [1.54, 1.807) is 6.33 Å². The molecule has 1 aromatic carbocycles. The fourth-order valence-electron chi connectivity index (χ4n) is 2.37. The van der Waals surface area contributed by atoms with Crippen LogP contribution in [0.15, 0.2) is 30.6 Å². The standard InChI is InChI=1S/C16H20N6O/c1-3-22-10-18-13-14(19-12-6-4-5-11(2)9-12)20-16(17-7-8-23)21-15(13)22/h4-6,9-10,23H,3,7-8H2,1-2H3,(H2,17,19,20,21). The lowest BCUT2D eigenvalue weighted by atomic mass is 10.2. The van der Waals surface area contributed by atoms with E-state index in [-0.39, 0.29) is 6.61 Å². The van der Waals surface area contributed by atoms with E-state index in [1.165, 1.54) is 0 Å². The number of aromatic nitrogens is 4. The summed E-state index contributed by atoms with van der Waals surface area (Å²) in [6, 6.07) is 8.07. The van der Waals surface area contributed by atoms with Gasteiger partial charge in [0.2, 0.25) is 5.95 Å². The normalized spacial score (nSPS) is 10.9. The summed E-state index contributed by atoms with van der Waals surface area (Å²) in [5.41, 5.74) is 3.60. The first-order valence-electron chi connectivity index (χ1n) is 7.62. The van der Waals surface area contributed by atoms with Crippen LogP contribution in [-0.2, 0) is 6.54 Å². The molecule has 0 saturated heterocycles. The minimum Gasteiger partial charge on any atom is -0.395 e. The van der Waals surface area contributed by atoms with Crippen LogP contribution in [0.25, 0.3) is 11.2 Å². The van der Waals surface area contributed by atoms with Crippen LogP contribution in [0.5, 0.6) is 0 Å². The predicted octanol–water partition coefficient (Wildman–Crippen LogP) is 2.30. The molecule has 0 fully saturated rings. The summed E-state index contributed by atoms with van der Waals surface area (Å²) in [5, 5.41) is 15.3. The molecule has 3 aromatic rings. The van der Waals surface area contributed by atoms with Gasteiger partial charge in [-0.15, -0.1) is 0 Å². The molecule has 0 spiro atoms. The van der Waals surface area contributed by atoms with Gasteiger partial charge >= 0.3 is 0 Å². The summed E-state index contributed by atoms with van der Waals surface area (Å²) in [6.07, 6.45) is 1.76. The highest BCUT2D eigenvalue weighted by molar-refractivity contribution is 5.86. The van der Waals surface area contributed by atoms with Crippen LogP contribution < -0.4 is 10.6 Å². The number of aliphatic hydroxyl groups is 1. The third-order valence-corrected chi connectivity index (χ3v) is 3.48. The Morgan fingerprint density at radius 1 is 1.26 bits per heavy atom. The number of rotatable bonds is 6. The Hall–Kier alpha value is -2.67. The maximum Gasteiger partial charge on any atom is 0.226 e. The molecule has 3 rings (SSSR count). The number of anilines is 3. The quantitative estimate of drug-likeness (QED) is 0.647. The summed E-state index contributed by atoms with van der Waals surface area (Å²) in [6.45, 7) is 5.28. The van der Waals surface area contributed by atoms with Gasteiger partial charge < -0.3 is 20.3 Å². The van der Waals surface area contributed by atoms with E-state index < -0.39 is 0 Å². The van der Waals surface area contributed by atoms with Crippen molar-refractivity contribution in [3.63, 3.8) is 0 Å². The topological polar surface area (TPSA) is 87.9 Å². The Bertz CT molecular complexity index is 813. The molecule has 0 aliphatic carbocycles. The van der Waals surface area contributed by atoms with Gasteiger partial charge in [-0.1, -0.05) is 12.1 Å². The summed E-state index contributed by atoms with van der Waals surface area (Å²) in [4.78, 5) is 13.4. The molecule has 23 heavy (non-hydrogen) atoms. The molecule has 0 bridgehead atoms. The lowest BCUT2D eigenvalue weighted by Crippen LogP contribution is -2.10. The van der Waals surface area contributed by atoms with Crippen molar-refractivity contribution in [2.24, 2.45) is 0 Å². The van der Waals surface area contributed by atoms with Crippen molar-refractivity contribution in [2.45, 2.75) is 20.4 Å². The molecule has 0 radical (unpaired) electrons. The molecule has 2 heterocycles. The van der Waals surface area contributed by atoms with Crippen molar-refractivity contribution in [1.82, 2.24) is 19.5 Å². The predicted molar refractivity (Wildman–Crippen MR) is 91.0 cm³/mol. The first-order chi connectivity index (χ1) is 11.2. The Balaban J connectivity index is 2.04. The number of aryl methyl sites for hydroxylation is 2. The molecule has 7 nitrogen and oxygen atoms in total. The molecule has 0 unspecified atom stereocenters. The zero-order valence-corrected chi connectivity index (χ0v) is 13.2. The van der Waals surface area contributed by atoms with E-state index in [2.05, 4.69) is 25.6 Å². The van der Waals surface area contributed by atoms with E-state index >= 15 is 0 Å². The summed E-state index contributed by atoms with van der Waals surface area (Å²) >= 11 is 0. The van der Waals surface area contributed by atoms with Crippen LogP contribution >= 0.6 is 0 Å². The number of hydrogen-bond acceptors (Lipinski definition) is 6. The van der Waals surface area contributed by atoms with E-state index in [9.17, 15) is 0 Å². The molecule has 0 saturated carbocycles. The van der Waals surface area contributed by atoms with Gasteiger partial charge in [0.25, 0.3) is 0 Å². The fourth-order valence-corrected chi connectivity index (χ4v) is 2.37. The SMILES string of the molecule is CCn1cnc2c(Nc3cccc(C)c3)nc(NCCO)nc21. The molecular formula is C16H20N6O.